The highest BCUT2D eigenvalue weighted by atomic mass is 32.2. The van der Waals surface area contributed by atoms with E-state index < -0.39 is 25.9 Å². The Kier molecular flexibility index (Phi) is 5.04. The van der Waals surface area contributed by atoms with E-state index in [4.69, 9.17) is 10.5 Å². The average Bonchev–Trinajstić information content (AvgIpc) is 2.73. The number of aromatic nitrogens is 3. The van der Waals surface area contributed by atoms with E-state index in [9.17, 15) is 12.8 Å². The van der Waals surface area contributed by atoms with E-state index in [1.54, 1.807) is 19.2 Å². The number of benzene rings is 1. The molecular formula is C21H23FN6O3S. The van der Waals surface area contributed by atoms with E-state index in [2.05, 4.69) is 25.3 Å². The Bertz CT molecular complexity index is 1360. The topological polar surface area (TPSA) is 132 Å². The van der Waals surface area contributed by atoms with Gasteiger partial charge >= 0.3 is 0 Å². The maximum atomic E-state index is 14.9. The van der Waals surface area contributed by atoms with Gasteiger partial charge in [-0.15, -0.1) is 0 Å². The highest BCUT2D eigenvalue weighted by molar-refractivity contribution is 7.93. The number of nitrogens with zero attached hydrogens (tertiary/aromatic N) is 4. The number of rotatable bonds is 4. The molecule has 0 radical (unpaired) electrons. The molecule has 2 aromatic heterocycles. The molecule has 0 unspecified atom stereocenters. The lowest BCUT2D eigenvalue weighted by Gasteiger charge is -2.38. The molecule has 0 spiro atoms. The van der Waals surface area contributed by atoms with Crippen LogP contribution < -0.4 is 15.8 Å². The van der Waals surface area contributed by atoms with Gasteiger partial charge in [0, 0.05) is 17.3 Å². The van der Waals surface area contributed by atoms with Gasteiger partial charge in [-0.1, -0.05) is 0 Å². The number of pyridine rings is 1. The Morgan fingerprint density at radius 3 is 2.59 bits per heavy atom. The van der Waals surface area contributed by atoms with Crippen molar-refractivity contribution in [3.63, 3.8) is 0 Å². The molecule has 0 aliphatic carbocycles. The first-order valence-electron chi connectivity index (χ1n) is 9.77. The second-order valence-corrected chi connectivity index (χ2v) is 10.9. The van der Waals surface area contributed by atoms with Crippen LogP contribution in [0, 0.1) is 5.82 Å². The Labute approximate surface area is 184 Å². The highest BCUT2D eigenvalue weighted by Crippen LogP contribution is 2.39. The van der Waals surface area contributed by atoms with E-state index >= 15 is 0 Å². The van der Waals surface area contributed by atoms with E-state index in [0.29, 0.717) is 28.3 Å². The molecule has 3 heterocycles. The molecule has 1 aliphatic rings. The van der Waals surface area contributed by atoms with Crippen molar-refractivity contribution in [3.05, 3.63) is 48.2 Å². The van der Waals surface area contributed by atoms with Crippen LogP contribution >= 0.6 is 0 Å². The van der Waals surface area contributed by atoms with Crippen molar-refractivity contribution in [2.45, 2.75) is 31.1 Å². The summed E-state index contributed by atoms with van der Waals surface area (Å²) in [6.45, 7) is 4.55. The number of hydrogen-bond acceptors (Lipinski definition) is 9. The average molecular weight is 459 g/mol. The third-order valence-corrected chi connectivity index (χ3v) is 8.43. The maximum absolute atomic E-state index is 14.9. The van der Waals surface area contributed by atoms with Crippen molar-refractivity contribution < 1.29 is 17.5 Å². The highest BCUT2D eigenvalue weighted by Gasteiger charge is 2.49. The summed E-state index contributed by atoms with van der Waals surface area (Å²) in [5, 5.41) is 3.11. The Balaban J connectivity index is 1.77. The van der Waals surface area contributed by atoms with Gasteiger partial charge in [-0.25, -0.2) is 27.8 Å². The molecule has 9 nitrogen and oxygen atoms in total. The minimum atomic E-state index is -3.68. The van der Waals surface area contributed by atoms with Crippen molar-refractivity contribution >= 4 is 38.2 Å². The zero-order valence-corrected chi connectivity index (χ0v) is 18.9. The fourth-order valence-corrected chi connectivity index (χ4v) is 5.25. The number of sulfone groups is 1. The number of hydrogen-bond donors (Lipinski definition) is 2. The van der Waals surface area contributed by atoms with Crippen LogP contribution in [-0.2, 0) is 15.4 Å². The van der Waals surface area contributed by atoms with E-state index in [0.717, 1.165) is 0 Å². The number of methoxy groups -OCH3 is 1. The lowest BCUT2D eigenvalue weighted by molar-refractivity contribution is 0.413. The van der Waals surface area contributed by atoms with Crippen LogP contribution in [0.2, 0.25) is 0 Å². The predicted octanol–water partition coefficient (Wildman–Crippen LogP) is 2.70. The van der Waals surface area contributed by atoms with Gasteiger partial charge in [0.05, 0.1) is 24.6 Å². The molecule has 0 saturated heterocycles. The maximum Gasteiger partial charge on any atom is 0.165 e. The predicted molar refractivity (Wildman–Crippen MR) is 120 cm³/mol. The third-order valence-electron chi connectivity index (χ3n) is 5.73. The molecule has 11 heteroatoms. The van der Waals surface area contributed by atoms with E-state index in [-0.39, 0.29) is 17.2 Å². The van der Waals surface area contributed by atoms with Gasteiger partial charge in [0.15, 0.2) is 15.7 Å². The molecule has 168 valence electrons. The largest absolute Gasteiger partial charge is 0.495 e. The summed E-state index contributed by atoms with van der Waals surface area (Å²) in [5.41, 5.74) is 6.27. The zero-order chi connectivity index (χ0) is 23.3. The number of fused-ring (bicyclic) bond motifs is 1. The van der Waals surface area contributed by atoms with Crippen LogP contribution in [0.3, 0.4) is 0 Å². The van der Waals surface area contributed by atoms with Gasteiger partial charge in [0.2, 0.25) is 0 Å². The van der Waals surface area contributed by atoms with Gasteiger partial charge in [0.1, 0.15) is 39.5 Å². The third kappa shape index (κ3) is 3.52. The monoisotopic (exact) mass is 458 g/mol. The summed E-state index contributed by atoms with van der Waals surface area (Å²) in [7, 11) is -2.14. The number of halogens is 1. The van der Waals surface area contributed by atoms with Crippen molar-refractivity contribution in [2.24, 2.45) is 10.7 Å². The molecule has 3 aromatic rings. The number of amidine groups is 1. The fraction of sp³-hybridized carbons (Fsp3) is 0.333. The molecule has 0 fully saturated rings. The molecular weight excluding hydrogens is 435 g/mol. The second-order valence-electron chi connectivity index (χ2n) is 8.33. The van der Waals surface area contributed by atoms with Gasteiger partial charge in [-0.05, 0) is 39.0 Å². The summed E-state index contributed by atoms with van der Waals surface area (Å²) in [6, 6.07) is 6.00. The smallest absolute Gasteiger partial charge is 0.165 e. The van der Waals surface area contributed by atoms with Crippen LogP contribution in [0.1, 0.15) is 26.3 Å². The number of nitrogens with two attached hydrogens (primary N) is 1. The quantitative estimate of drug-likeness (QED) is 0.610. The molecule has 32 heavy (non-hydrogen) atoms. The summed E-state index contributed by atoms with van der Waals surface area (Å²) < 4.78 is 44.4. The number of nitrogens with one attached hydrogen (secondary N) is 1. The molecule has 1 aliphatic heterocycles. The molecule has 0 saturated carbocycles. The van der Waals surface area contributed by atoms with Crippen molar-refractivity contribution in [2.75, 3.05) is 18.2 Å². The van der Waals surface area contributed by atoms with Crippen LogP contribution in [0.5, 0.6) is 5.75 Å². The summed E-state index contributed by atoms with van der Waals surface area (Å²) in [6.07, 6.45) is 2.92. The van der Waals surface area contributed by atoms with Crippen LogP contribution in [0.15, 0.2) is 41.8 Å². The number of ether oxygens (including phenoxy) is 1. The van der Waals surface area contributed by atoms with Gasteiger partial charge in [0.25, 0.3) is 0 Å². The van der Waals surface area contributed by atoms with Crippen LogP contribution in [0.4, 0.5) is 15.9 Å². The first kappa shape index (κ1) is 21.9. The zero-order valence-electron chi connectivity index (χ0n) is 18.0. The summed E-state index contributed by atoms with van der Waals surface area (Å²) >= 11 is 0. The van der Waals surface area contributed by atoms with Crippen molar-refractivity contribution in [3.8, 4) is 5.75 Å². The van der Waals surface area contributed by atoms with E-state index in [1.807, 2.05) is 0 Å². The Morgan fingerprint density at radius 2 is 1.91 bits per heavy atom. The second kappa shape index (κ2) is 7.37. The lowest BCUT2D eigenvalue weighted by atomic mass is 9.92. The minimum Gasteiger partial charge on any atom is -0.495 e. The summed E-state index contributed by atoms with van der Waals surface area (Å²) in [5.74, 6) is -0.0491. The molecule has 0 bridgehead atoms. The van der Waals surface area contributed by atoms with Gasteiger partial charge < -0.3 is 15.8 Å². The SMILES string of the molecule is COc1cnc2c(Nc3ccc(F)c([C@]4(C)CS(=O)(=O)C(C)(C)C(N)=N4)c3)ncnc2c1. The minimum absolute atomic E-state index is 0.0519. The van der Waals surface area contributed by atoms with Crippen LogP contribution in [0.25, 0.3) is 11.0 Å². The fourth-order valence-electron chi connectivity index (χ4n) is 3.56. The number of aliphatic imine (C=N–C) groups is 1. The summed E-state index contributed by atoms with van der Waals surface area (Å²) in [4.78, 5) is 17.2. The molecule has 1 aromatic carbocycles. The molecule has 0 amide bonds. The van der Waals surface area contributed by atoms with Crippen molar-refractivity contribution in [1.82, 2.24) is 15.0 Å². The standard InChI is InChI=1S/C21H23FN6O3S/c1-20(2)19(23)28-21(3,10-32(20,29)30)14-7-12(5-6-15(14)22)27-18-17-16(25-11-26-18)8-13(31-4)9-24-17/h5-9,11H,10H2,1-4H3,(H2,23,28)(H,25,26,27)/t21-/m0/s1. The first-order valence-corrected chi connectivity index (χ1v) is 11.4. The molecule has 3 N–H and O–H groups in total. The first-order chi connectivity index (χ1) is 15.0. The normalized spacial score (nSPS) is 21.7. The van der Waals surface area contributed by atoms with Crippen LogP contribution in [-0.4, -0.2) is 46.8 Å². The lowest BCUT2D eigenvalue weighted by Crippen LogP contribution is -2.54. The Hall–Kier alpha value is -3.34. The molecule has 1 atom stereocenters. The van der Waals surface area contributed by atoms with Crippen molar-refractivity contribution in [1.29, 1.82) is 0 Å². The van der Waals surface area contributed by atoms with Gasteiger partial charge in [-0.3, -0.25) is 4.99 Å². The molecule has 4 rings (SSSR count). The number of anilines is 2. The van der Waals surface area contributed by atoms with Gasteiger partial charge in [-0.2, -0.15) is 0 Å². The van der Waals surface area contributed by atoms with E-state index in [1.165, 1.54) is 45.5 Å². The Morgan fingerprint density at radius 1 is 1.16 bits per heavy atom.